The summed E-state index contributed by atoms with van der Waals surface area (Å²) in [6.07, 6.45) is 4.06. The molecule has 2 aromatic rings. The molecule has 6 nitrogen and oxygen atoms in total. The highest BCUT2D eigenvalue weighted by molar-refractivity contribution is 5.93. The van der Waals surface area contributed by atoms with Gasteiger partial charge in [0.1, 0.15) is 0 Å². The molecule has 1 aliphatic rings. The monoisotopic (exact) mass is 329 g/mol. The second-order valence-corrected chi connectivity index (χ2v) is 6.39. The van der Waals surface area contributed by atoms with Gasteiger partial charge in [-0.25, -0.2) is 4.52 Å². The fourth-order valence-electron chi connectivity index (χ4n) is 3.20. The molecule has 0 radical (unpaired) electrons. The summed E-state index contributed by atoms with van der Waals surface area (Å²) in [4.78, 5) is 17.2. The molecule has 0 aliphatic carbocycles. The summed E-state index contributed by atoms with van der Waals surface area (Å²) in [6, 6.07) is 7.62. The van der Waals surface area contributed by atoms with Crippen LogP contribution in [-0.2, 0) is 0 Å². The van der Waals surface area contributed by atoms with Gasteiger partial charge in [0.15, 0.2) is 5.69 Å². The Labute approximate surface area is 143 Å². The molecule has 1 aliphatic heterocycles. The maximum atomic E-state index is 12.2. The van der Waals surface area contributed by atoms with Crippen molar-refractivity contribution < 1.29 is 4.79 Å². The zero-order valence-electron chi connectivity index (χ0n) is 14.4. The molecular weight excluding hydrogens is 302 g/mol. The van der Waals surface area contributed by atoms with Gasteiger partial charge < -0.3 is 15.1 Å². The normalized spacial score (nSPS) is 16.5. The van der Waals surface area contributed by atoms with E-state index in [-0.39, 0.29) is 5.91 Å². The fraction of sp³-hybridized carbons (Fsp3) is 0.556. The van der Waals surface area contributed by atoms with E-state index in [4.69, 9.17) is 0 Å². The van der Waals surface area contributed by atoms with Gasteiger partial charge in [-0.15, -0.1) is 0 Å². The number of hydrogen-bond acceptors (Lipinski definition) is 4. The Morgan fingerprint density at radius 3 is 2.62 bits per heavy atom. The summed E-state index contributed by atoms with van der Waals surface area (Å²) < 4.78 is 1.73. The van der Waals surface area contributed by atoms with Crippen molar-refractivity contribution in [2.75, 3.05) is 45.8 Å². The Balaban J connectivity index is 1.37. The van der Waals surface area contributed by atoms with Gasteiger partial charge in [-0.1, -0.05) is 13.0 Å². The summed E-state index contributed by atoms with van der Waals surface area (Å²) in [7, 11) is 0. The van der Waals surface area contributed by atoms with Crippen LogP contribution in [0.2, 0.25) is 0 Å². The summed E-state index contributed by atoms with van der Waals surface area (Å²) in [5.74, 6) is -0.0912. The van der Waals surface area contributed by atoms with Gasteiger partial charge in [-0.2, -0.15) is 5.10 Å². The topological polar surface area (TPSA) is 52.9 Å². The van der Waals surface area contributed by atoms with Gasteiger partial charge >= 0.3 is 0 Å². The average molecular weight is 329 g/mol. The number of hydrogen-bond donors (Lipinski definition) is 1. The molecule has 3 heterocycles. The van der Waals surface area contributed by atoms with Gasteiger partial charge in [-0.05, 0) is 44.1 Å². The zero-order valence-corrected chi connectivity index (χ0v) is 14.4. The molecule has 2 aromatic heterocycles. The quantitative estimate of drug-likeness (QED) is 0.782. The summed E-state index contributed by atoms with van der Waals surface area (Å²) in [5.41, 5.74) is 1.42. The smallest absolute Gasteiger partial charge is 0.271 e. The molecule has 0 bridgehead atoms. The van der Waals surface area contributed by atoms with Crippen molar-refractivity contribution in [2.45, 2.75) is 19.8 Å². The average Bonchev–Trinajstić information content (AvgIpc) is 3.04. The molecule has 1 N–H and O–H groups in total. The summed E-state index contributed by atoms with van der Waals surface area (Å²) in [6.45, 7) is 9.80. The van der Waals surface area contributed by atoms with Crippen LogP contribution in [0, 0.1) is 0 Å². The molecule has 24 heavy (non-hydrogen) atoms. The van der Waals surface area contributed by atoms with Gasteiger partial charge in [0.25, 0.3) is 5.91 Å². The van der Waals surface area contributed by atoms with E-state index in [0.717, 1.165) is 31.6 Å². The molecule has 130 valence electrons. The molecule has 0 spiro atoms. The number of piperazine rings is 1. The Kier molecular flexibility index (Phi) is 5.82. The maximum Gasteiger partial charge on any atom is 0.271 e. The van der Waals surface area contributed by atoms with Crippen LogP contribution in [0.25, 0.3) is 5.52 Å². The number of fused-ring (bicyclic) bond motifs is 1. The molecule has 6 heteroatoms. The first-order valence-electron chi connectivity index (χ1n) is 8.93. The summed E-state index contributed by atoms with van der Waals surface area (Å²) in [5, 5.41) is 7.27. The van der Waals surface area contributed by atoms with Crippen molar-refractivity contribution in [1.29, 1.82) is 0 Å². The number of rotatable bonds is 7. The van der Waals surface area contributed by atoms with Crippen LogP contribution in [0.5, 0.6) is 0 Å². The first-order valence-corrected chi connectivity index (χ1v) is 8.93. The summed E-state index contributed by atoms with van der Waals surface area (Å²) >= 11 is 0. The van der Waals surface area contributed by atoms with Crippen LogP contribution < -0.4 is 5.32 Å². The molecule has 1 saturated heterocycles. The number of carbonyl (C=O) groups excluding carboxylic acids is 1. The molecule has 0 unspecified atom stereocenters. The van der Waals surface area contributed by atoms with Crippen LogP contribution in [0.4, 0.5) is 0 Å². The SMILES string of the molecule is CCCN1CCN(CCCNC(=O)c2cc3ccccn3n2)CC1. The number of amides is 1. The highest BCUT2D eigenvalue weighted by atomic mass is 16.1. The van der Waals surface area contributed by atoms with E-state index in [1.54, 1.807) is 4.52 Å². The van der Waals surface area contributed by atoms with E-state index in [9.17, 15) is 4.79 Å². The number of pyridine rings is 1. The Morgan fingerprint density at radius 1 is 1.17 bits per heavy atom. The highest BCUT2D eigenvalue weighted by Gasteiger charge is 2.15. The lowest BCUT2D eigenvalue weighted by molar-refractivity contribution is 0.0942. The van der Waals surface area contributed by atoms with Crippen molar-refractivity contribution in [1.82, 2.24) is 24.7 Å². The van der Waals surface area contributed by atoms with E-state index in [1.165, 1.54) is 26.1 Å². The van der Waals surface area contributed by atoms with Gasteiger partial charge in [0.05, 0.1) is 5.52 Å². The van der Waals surface area contributed by atoms with E-state index in [0.29, 0.717) is 12.2 Å². The Bertz CT molecular complexity index is 627. The van der Waals surface area contributed by atoms with Gasteiger partial charge in [0.2, 0.25) is 0 Å². The molecule has 0 atom stereocenters. The van der Waals surface area contributed by atoms with Crippen LogP contribution in [-0.4, -0.2) is 71.1 Å². The van der Waals surface area contributed by atoms with Crippen molar-refractivity contribution in [2.24, 2.45) is 0 Å². The lowest BCUT2D eigenvalue weighted by Crippen LogP contribution is -2.47. The fourth-order valence-corrected chi connectivity index (χ4v) is 3.20. The Hall–Kier alpha value is -1.92. The first-order chi connectivity index (χ1) is 11.8. The number of aromatic nitrogens is 2. The van der Waals surface area contributed by atoms with Crippen molar-refractivity contribution >= 4 is 11.4 Å². The number of nitrogens with zero attached hydrogens (tertiary/aromatic N) is 4. The third-order valence-corrected chi connectivity index (χ3v) is 4.54. The minimum Gasteiger partial charge on any atom is -0.351 e. The molecule has 3 rings (SSSR count). The first kappa shape index (κ1) is 16.9. The standard InChI is InChI=1S/C18H27N5O/c1-2-8-21-11-13-22(14-12-21)9-5-7-19-18(24)17-15-16-6-3-4-10-23(16)20-17/h3-4,6,10,15H,2,5,7-9,11-14H2,1H3,(H,19,24). The number of carbonyl (C=O) groups is 1. The minimum absolute atomic E-state index is 0.0912. The van der Waals surface area contributed by atoms with Gasteiger partial charge in [-0.3, -0.25) is 4.79 Å². The maximum absolute atomic E-state index is 12.2. The second-order valence-electron chi connectivity index (χ2n) is 6.39. The zero-order chi connectivity index (χ0) is 16.8. The predicted octanol–water partition coefficient (Wildman–Crippen LogP) is 1.48. The molecule has 1 amide bonds. The van der Waals surface area contributed by atoms with Crippen molar-refractivity contribution in [3.63, 3.8) is 0 Å². The lowest BCUT2D eigenvalue weighted by atomic mass is 10.2. The second kappa shape index (κ2) is 8.26. The molecule has 0 aromatic carbocycles. The largest absolute Gasteiger partial charge is 0.351 e. The highest BCUT2D eigenvalue weighted by Crippen LogP contribution is 2.06. The number of nitrogens with one attached hydrogen (secondary N) is 1. The Morgan fingerprint density at radius 2 is 1.92 bits per heavy atom. The van der Waals surface area contributed by atoms with Crippen LogP contribution >= 0.6 is 0 Å². The predicted molar refractivity (Wildman–Crippen MR) is 95.3 cm³/mol. The van der Waals surface area contributed by atoms with E-state index >= 15 is 0 Å². The molecule has 1 fully saturated rings. The van der Waals surface area contributed by atoms with E-state index < -0.39 is 0 Å². The van der Waals surface area contributed by atoms with E-state index in [1.807, 2.05) is 30.5 Å². The third-order valence-electron chi connectivity index (χ3n) is 4.54. The minimum atomic E-state index is -0.0912. The van der Waals surface area contributed by atoms with Crippen molar-refractivity contribution in [3.05, 3.63) is 36.2 Å². The molecular formula is C18H27N5O. The van der Waals surface area contributed by atoms with Crippen LogP contribution in [0.3, 0.4) is 0 Å². The van der Waals surface area contributed by atoms with Crippen LogP contribution in [0.1, 0.15) is 30.3 Å². The van der Waals surface area contributed by atoms with E-state index in [2.05, 4.69) is 27.1 Å². The third kappa shape index (κ3) is 4.33. The van der Waals surface area contributed by atoms with Crippen LogP contribution in [0.15, 0.2) is 30.5 Å². The van der Waals surface area contributed by atoms with Crippen molar-refractivity contribution in [3.8, 4) is 0 Å². The lowest BCUT2D eigenvalue weighted by Gasteiger charge is -2.34. The van der Waals surface area contributed by atoms with Gasteiger partial charge in [0, 0.05) is 38.9 Å². The molecule has 0 saturated carbocycles.